The highest BCUT2D eigenvalue weighted by Gasteiger charge is 2.37. The van der Waals surface area contributed by atoms with Crippen molar-refractivity contribution in [2.75, 3.05) is 13.7 Å². The smallest absolute Gasteiger partial charge is 0.411 e. The van der Waals surface area contributed by atoms with Gasteiger partial charge in [-0.05, 0) is 51.8 Å². The number of nitrogens with zero attached hydrogens (tertiary/aromatic N) is 1. The van der Waals surface area contributed by atoms with E-state index in [2.05, 4.69) is 9.72 Å². The molecule has 0 spiro atoms. The van der Waals surface area contributed by atoms with Crippen LogP contribution in [0.2, 0.25) is 5.02 Å². The number of carbonyl (C=O) groups is 2. The van der Waals surface area contributed by atoms with Crippen molar-refractivity contribution in [3.05, 3.63) is 45.7 Å². The van der Waals surface area contributed by atoms with Crippen molar-refractivity contribution in [1.82, 2.24) is 9.88 Å². The van der Waals surface area contributed by atoms with Gasteiger partial charge in [0.1, 0.15) is 11.6 Å². The highest BCUT2D eigenvalue weighted by atomic mass is 35.5. The highest BCUT2D eigenvalue weighted by molar-refractivity contribution is 6.31. The number of methoxy groups -OCH3 is 1. The molecule has 1 saturated heterocycles. The lowest BCUT2D eigenvalue weighted by Gasteiger charge is -2.27. The van der Waals surface area contributed by atoms with Crippen molar-refractivity contribution in [2.45, 2.75) is 45.3 Å². The summed E-state index contributed by atoms with van der Waals surface area (Å²) in [6, 6.07) is 6.17. The minimum atomic E-state index is -0.541. The van der Waals surface area contributed by atoms with E-state index >= 15 is 0 Å². The van der Waals surface area contributed by atoms with Gasteiger partial charge >= 0.3 is 12.1 Å². The number of benzene rings is 1. The molecule has 3 rings (SSSR count). The number of aromatic nitrogens is 1. The number of esters is 1. The van der Waals surface area contributed by atoms with E-state index in [9.17, 15) is 14.4 Å². The summed E-state index contributed by atoms with van der Waals surface area (Å²) >= 11 is 5.75. The van der Waals surface area contributed by atoms with Gasteiger partial charge in [-0.15, -0.1) is 0 Å². The number of H-pyrrole nitrogens is 1. The van der Waals surface area contributed by atoms with Crippen LogP contribution in [-0.4, -0.2) is 47.2 Å². The predicted octanol–water partition coefficient (Wildman–Crippen LogP) is 3.74. The van der Waals surface area contributed by atoms with Crippen LogP contribution < -0.4 is 5.43 Å². The molecule has 1 aliphatic heterocycles. The number of likely N-dealkylation sites (tertiary alicyclic amines) is 1. The van der Waals surface area contributed by atoms with E-state index in [1.165, 1.54) is 18.1 Å². The average molecular weight is 409 g/mol. The number of pyridine rings is 1. The molecule has 1 aliphatic rings. The lowest BCUT2D eigenvalue weighted by molar-refractivity contribution is -0.145. The van der Waals surface area contributed by atoms with Crippen LogP contribution in [0.3, 0.4) is 0 Å². The molecule has 8 heteroatoms. The fraction of sp³-hybridized carbons (Fsp3) is 0.450. The molecule has 1 aromatic carbocycles. The van der Waals surface area contributed by atoms with Crippen LogP contribution in [-0.2, 0) is 14.3 Å². The Hall–Kier alpha value is -2.54. The third-order valence-electron chi connectivity index (χ3n) is 4.07. The molecule has 0 aliphatic carbocycles. The molecule has 152 valence electrons. The first-order valence-corrected chi connectivity index (χ1v) is 9.34. The summed E-state index contributed by atoms with van der Waals surface area (Å²) in [5.41, 5.74) is 0.246. The fourth-order valence-electron chi connectivity index (χ4n) is 2.83. The molecule has 0 bridgehead atoms. The summed E-state index contributed by atoms with van der Waals surface area (Å²) in [6.07, 6.45) is 2.62. The Morgan fingerprint density at radius 1 is 1.25 bits per heavy atom. The van der Waals surface area contributed by atoms with Crippen molar-refractivity contribution in [2.24, 2.45) is 0 Å². The Balaban J connectivity index is 0.000000207. The number of ether oxygens (including phenoxy) is 2. The quantitative estimate of drug-likeness (QED) is 0.726. The van der Waals surface area contributed by atoms with Gasteiger partial charge in [-0.1, -0.05) is 11.6 Å². The summed E-state index contributed by atoms with van der Waals surface area (Å²) in [6.45, 7) is 5.95. The van der Waals surface area contributed by atoms with Crippen molar-refractivity contribution in [1.29, 1.82) is 0 Å². The summed E-state index contributed by atoms with van der Waals surface area (Å²) in [4.78, 5) is 38.8. The van der Waals surface area contributed by atoms with Crippen LogP contribution in [0.5, 0.6) is 0 Å². The SMILES string of the molecule is COC(=O)C1CCCN1C(=O)OC(C)(C)C.O=c1cc[nH]c2cc(Cl)ccc12. The molecule has 28 heavy (non-hydrogen) atoms. The Bertz CT molecular complexity index is 903. The second-order valence-electron chi connectivity index (χ2n) is 7.39. The van der Waals surface area contributed by atoms with Gasteiger partial charge in [-0.3, -0.25) is 9.69 Å². The summed E-state index contributed by atoms with van der Waals surface area (Å²) in [5, 5.41) is 1.30. The van der Waals surface area contributed by atoms with E-state index in [-0.39, 0.29) is 11.4 Å². The number of fused-ring (bicyclic) bond motifs is 1. The molecule has 1 N–H and O–H groups in total. The van der Waals surface area contributed by atoms with Crippen molar-refractivity contribution in [3.63, 3.8) is 0 Å². The number of hydrogen-bond acceptors (Lipinski definition) is 5. The minimum Gasteiger partial charge on any atom is -0.467 e. The molecule has 7 nitrogen and oxygen atoms in total. The maximum absolute atomic E-state index is 11.8. The third-order valence-corrected chi connectivity index (χ3v) is 4.31. The van der Waals surface area contributed by atoms with Crippen LogP contribution in [0.4, 0.5) is 4.79 Å². The van der Waals surface area contributed by atoms with Crippen LogP contribution in [0, 0.1) is 0 Å². The van der Waals surface area contributed by atoms with Gasteiger partial charge in [0.2, 0.25) is 0 Å². The lowest BCUT2D eigenvalue weighted by Crippen LogP contribution is -2.43. The summed E-state index contributed by atoms with van der Waals surface area (Å²) in [7, 11) is 1.33. The van der Waals surface area contributed by atoms with Crippen LogP contribution in [0.25, 0.3) is 10.9 Å². The van der Waals surface area contributed by atoms with Crippen molar-refractivity contribution < 1.29 is 19.1 Å². The van der Waals surface area contributed by atoms with Crippen LogP contribution in [0.15, 0.2) is 35.3 Å². The van der Waals surface area contributed by atoms with Gasteiger partial charge < -0.3 is 14.5 Å². The molecule has 1 atom stereocenters. The maximum Gasteiger partial charge on any atom is 0.411 e. The van der Waals surface area contributed by atoms with Gasteiger partial charge in [0.25, 0.3) is 0 Å². The Morgan fingerprint density at radius 2 is 1.96 bits per heavy atom. The number of carbonyl (C=O) groups excluding carboxylic acids is 2. The van der Waals surface area contributed by atoms with Gasteiger partial charge in [-0.25, -0.2) is 9.59 Å². The molecule has 1 amide bonds. The fourth-order valence-corrected chi connectivity index (χ4v) is 3.01. The number of rotatable bonds is 1. The molecular formula is C20H25ClN2O5. The maximum atomic E-state index is 11.8. The topological polar surface area (TPSA) is 88.7 Å². The Kier molecular flexibility index (Phi) is 7.07. The van der Waals surface area contributed by atoms with Gasteiger partial charge in [-0.2, -0.15) is 0 Å². The van der Waals surface area contributed by atoms with E-state index < -0.39 is 17.7 Å². The Labute approximate surface area is 168 Å². The summed E-state index contributed by atoms with van der Waals surface area (Å²) < 4.78 is 9.88. The van der Waals surface area contributed by atoms with Gasteiger partial charge in [0.15, 0.2) is 5.43 Å². The molecule has 1 fully saturated rings. The third kappa shape index (κ3) is 5.73. The zero-order valence-corrected chi connectivity index (χ0v) is 17.2. The van der Waals surface area contributed by atoms with E-state index in [1.54, 1.807) is 45.2 Å². The van der Waals surface area contributed by atoms with Gasteiger partial charge in [0, 0.05) is 29.2 Å². The Morgan fingerprint density at radius 3 is 2.61 bits per heavy atom. The first-order valence-electron chi connectivity index (χ1n) is 8.97. The van der Waals surface area contributed by atoms with Crippen molar-refractivity contribution in [3.8, 4) is 0 Å². The number of halogens is 1. The van der Waals surface area contributed by atoms with E-state index in [4.69, 9.17) is 16.3 Å². The van der Waals surface area contributed by atoms with Crippen LogP contribution in [0.1, 0.15) is 33.6 Å². The van der Waals surface area contributed by atoms with Crippen LogP contribution >= 0.6 is 11.6 Å². The van der Waals surface area contributed by atoms with E-state index in [0.717, 1.165) is 11.9 Å². The molecule has 0 radical (unpaired) electrons. The second-order valence-corrected chi connectivity index (χ2v) is 7.82. The molecule has 1 unspecified atom stereocenters. The van der Waals surface area contributed by atoms with Gasteiger partial charge in [0.05, 0.1) is 12.6 Å². The minimum absolute atomic E-state index is 0.0143. The number of aromatic amines is 1. The zero-order chi connectivity index (χ0) is 20.9. The molecule has 2 heterocycles. The monoisotopic (exact) mass is 408 g/mol. The van der Waals surface area contributed by atoms with E-state index in [1.807, 2.05) is 0 Å². The zero-order valence-electron chi connectivity index (χ0n) is 16.5. The van der Waals surface area contributed by atoms with E-state index in [0.29, 0.717) is 23.4 Å². The first kappa shape index (κ1) is 21.8. The lowest BCUT2D eigenvalue weighted by atomic mass is 10.2. The predicted molar refractivity (Wildman–Crippen MR) is 108 cm³/mol. The molecule has 0 saturated carbocycles. The number of nitrogens with one attached hydrogen (secondary N) is 1. The number of amides is 1. The summed E-state index contributed by atoms with van der Waals surface area (Å²) in [5.74, 6) is -0.372. The highest BCUT2D eigenvalue weighted by Crippen LogP contribution is 2.21. The average Bonchev–Trinajstić information content (AvgIpc) is 3.10. The number of hydrogen-bond donors (Lipinski definition) is 1. The second kappa shape index (κ2) is 9.10. The molecule has 1 aromatic heterocycles. The molecular weight excluding hydrogens is 384 g/mol. The largest absolute Gasteiger partial charge is 0.467 e. The first-order chi connectivity index (χ1) is 13.1. The molecule has 2 aromatic rings. The standard InChI is InChI=1S/C11H19NO4.C9H6ClNO/c1-11(2,3)16-10(14)12-7-5-6-8(12)9(13)15-4;10-6-1-2-7-8(5-6)11-4-3-9(7)12/h8H,5-7H2,1-4H3;1-5H,(H,11,12). The van der Waals surface area contributed by atoms with Crippen molar-refractivity contribution >= 4 is 34.6 Å². The normalized spacial score (nSPS) is 16.3.